The summed E-state index contributed by atoms with van der Waals surface area (Å²) in [6, 6.07) is 14.0. The second-order valence-electron chi connectivity index (χ2n) is 6.06. The molecule has 4 nitrogen and oxygen atoms in total. The first-order valence-electron chi connectivity index (χ1n) is 8.34. The minimum absolute atomic E-state index is 0.0203. The monoisotopic (exact) mass is 342 g/mol. The highest BCUT2D eigenvalue weighted by Gasteiger charge is 2.09. The molecule has 0 aromatic heterocycles. The number of aliphatic hydroxyl groups is 1. The van der Waals surface area contributed by atoms with Crippen LogP contribution in [0.1, 0.15) is 30.4 Å². The molecule has 2 aromatic carbocycles. The van der Waals surface area contributed by atoms with E-state index in [-0.39, 0.29) is 12.4 Å². The third-order valence-corrected chi connectivity index (χ3v) is 4.15. The molecular formula is C21H26O4. The van der Waals surface area contributed by atoms with Crippen molar-refractivity contribution in [1.82, 2.24) is 0 Å². The maximum Gasteiger partial charge on any atom is 0.160 e. The molecule has 1 unspecified atom stereocenters. The highest BCUT2D eigenvalue weighted by atomic mass is 16.5. The lowest BCUT2D eigenvalue weighted by atomic mass is 9.94. The van der Waals surface area contributed by atoms with Gasteiger partial charge < -0.3 is 19.3 Å². The van der Waals surface area contributed by atoms with Crippen molar-refractivity contribution < 1.29 is 19.3 Å². The second-order valence-corrected chi connectivity index (χ2v) is 6.06. The molecule has 2 aromatic rings. The van der Waals surface area contributed by atoms with E-state index in [4.69, 9.17) is 19.3 Å². The molecule has 0 fully saturated rings. The van der Waals surface area contributed by atoms with Crippen LogP contribution in [0.3, 0.4) is 0 Å². The van der Waals surface area contributed by atoms with Gasteiger partial charge in [-0.25, -0.2) is 0 Å². The normalized spacial score (nSPS) is 11.6. The van der Waals surface area contributed by atoms with Crippen LogP contribution >= 0.6 is 0 Å². The lowest BCUT2D eigenvalue weighted by Gasteiger charge is -2.15. The molecule has 4 heteroatoms. The van der Waals surface area contributed by atoms with Gasteiger partial charge in [0.15, 0.2) is 11.5 Å². The average Bonchev–Trinajstić information content (AvgIpc) is 2.64. The number of aryl methyl sites for hydroxylation is 1. The number of ether oxygens (including phenoxy) is 3. The van der Waals surface area contributed by atoms with E-state index < -0.39 is 0 Å². The number of benzene rings is 2. The van der Waals surface area contributed by atoms with Crippen molar-refractivity contribution in [2.45, 2.75) is 25.7 Å². The first kappa shape index (κ1) is 18.7. The van der Waals surface area contributed by atoms with Crippen molar-refractivity contribution >= 4 is 0 Å². The minimum atomic E-state index is 0.0203. The van der Waals surface area contributed by atoms with E-state index in [2.05, 4.69) is 25.6 Å². The summed E-state index contributed by atoms with van der Waals surface area (Å²) in [7, 11) is 3.29. The van der Waals surface area contributed by atoms with Gasteiger partial charge in [-0.1, -0.05) is 31.7 Å². The van der Waals surface area contributed by atoms with E-state index in [0.29, 0.717) is 5.92 Å². The lowest BCUT2D eigenvalue weighted by Crippen LogP contribution is -2.01. The van der Waals surface area contributed by atoms with Gasteiger partial charge in [0.25, 0.3) is 0 Å². The second kappa shape index (κ2) is 9.02. The van der Waals surface area contributed by atoms with Crippen molar-refractivity contribution in [1.29, 1.82) is 0 Å². The predicted molar refractivity (Wildman–Crippen MR) is 100.0 cm³/mol. The average molecular weight is 342 g/mol. The summed E-state index contributed by atoms with van der Waals surface area (Å²) in [5.74, 6) is 2.65. The van der Waals surface area contributed by atoms with Gasteiger partial charge in [0.05, 0.1) is 14.2 Å². The lowest BCUT2D eigenvalue weighted by molar-refractivity contribution is 0.272. The predicted octanol–water partition coefficient (Wildman–Crippen LogP) is 4.89. The topological polar surface area (TPSA) is 47.9 Å². The zero-order valence-corrected chi connectivity index (χ0v) is 15.1. The number of methoxy groups -OCH3 is 2. The largest absolute Gasteiger partial charge is 0.509 e. The van der Waals surface area contributed by atoms with Gasteiger partial charge in [-0.05, 0) is 54.2 Å². The van der Waals surface area contributed by atoms with E-state index in [1.807, 2.05) is 30.3 Å². The number of hydrogen-bond acceptors (Lipinski definition) is 4. The maximum absolute atomic E-state index is 9.14. The van der Waals surface area contributed by atoms with Gasteiger partial charge in [-0.2, -0.15) is 0 Å². The van der Waals surface area contributed by atoms with Gasteiger partial charge in [-0.15, -0.1) is 0 Å². The van der Waals surface area contributed by atoms with Crippen molar-refractivity contribution in [3.8, 4) is 17.2 Å². The Balaban J connectivity index is 1.99. The maximum atomic E-state index is 9.14. The Labute approximate surface area is 149 Å². The molecule has 0 amide bonds. The Hall–Kier alpha value is -2.62. The molecule has 1 atom stereocenters. The highest BCUT2D eigenvalue weighted by Crippen LogP contribution is 2.30. The van der Waals surface area contributed by atoms with Gasteiger partial charge in [0.1, 0.15) is 18.1 Å². The number of hydrogen-bond donors (Lipinski definition) is 1. The van der Waals surface area contributed by atoms with Crippen molar-refractivity contribution in [2.75, 3.05) is 20.8 Å². The summed E-state index contributed by atoms with van der Waals surface area (Å²) in [4.78, 5) is 0. The molecule has 25 heavy (non-hydrogen) atoms. The Morgan fingerprint density at radius 3 is 2.52 bits per heavy atom. The molecule has 0 bridgehead atoms. The van der Waals surface area contributed by atoms with Crippen LogP contribution < -0.4 is 14.2 Å². The minimum Gasteiger partial charge on any atom is -0.509 e. The van der Waals surface area contributed by atoms with Gasteiger partial charge in [-0.3, -0.25) is 0 Å². The third kappa shape index (κ3) is 5.45. The van der Waals surface area contributed by atoms with Gasteiger partial charge in [0, 0.05) is 0 Å². The molecule has 0 saturated carbocycles. The zero-order valence-electron chi connectivity index (χ0n) is 15.1. The zero-order chi connectivity index (χ0) is 18.2. The molecule has 0 aliphatic carbocycles. The Morgan fingerprint density at radius 1 is 1.08 bits per heavy atom. The SMILES string of the molecule is C=C(O)COc1cccc(C(C)CCc2ccc(OC)c(OC)c2)c1. The fraction of sp³-hybridized carbons (Fsp3) is 0.333. The van der Waals surface area contributed by atoms with Crippen LogP contribution in [0.5, 0.6) is 17.2 Å². The summed E-state index contributed by atoms with van der Waals surface area (Å²) in [5, 5.41) is 9.14. The fourth-order valence-corrected chi connectivity index (χ4v) is 2.66. The number of aliphatic hydroxyl groups excluding tert-OH is 1. The summed E-state index contributed by atoms with van der Waals surface area (Å²) in [5.41, 5.74) is 2.43. The Morgan fingerprint density at radius 2 is 1.84 bits per heavy atom. The van der Waals surface area contributed by atoms with Crippen molar-refractivity contribution in [3.05, 3.63) is 65.9 Å². The van der Waals surface area contributed by atoms with Crippen LogP contribution in [-0.4, -0.2) is 25.9 Å². The van der Waals surface area contributed by atoms with Crippen molar-refractivity contribution in [2.24, 2.45) is 0 Å². The van der Waals surface area contributed by atoms with E-state index in [9.17, 15) is 0 Å². The first-order valence-corrected chi connectivity index (χ1v) is 8.34. The third-order valence-electron chi connectivity index (χ3n) is 4.15. The molecule has 0 spiro atoms. The van der Waals surface area contributed by atoms with Crippen LogP contribution in [0.25, 0.3) is 0 Å². The van der Waals surface area contributed by atoms with E-state index in [1.165, 1.54) is 11.1 Å². The highest BCUT2D eigenvalue weighted by molar-refractivity contribution is 5.43. The fourth-order valence-electron chi connectivity index (χ4n) is 2.66. The number of rotatable bonds is 9. The van der Waals surface area contributed by atoms with Crippen LogP contribution in [0, 0.1) is 0 Å². The van der Waals surface area contributed by atoms with Crippen LogP contribution in [0.15, 0.2) is 54.8 Å². The van der Waals surface area contributed by atoms with Crippen LogP contribution in [0.2, 0.25) is 0 Å². The standard InChI is InChI=1S/C21H26O4/c1-15(18-6-5-7-19(13-18)25-14-16(2)22)8-9-17-10-11-20(23-3)21(12-17)24-4/h5-7,10-13,15,22H,2,8-9,14H2,1,3-4H3. The van der Waals surface area contributed by atoms with Crippen LogP contribution in [-0.2, 0) is 6.42 Å². The van der Waals surface area contributed by atoms with E-state index >= 15 is 0 Å². The van der Waals surface area contributed by atoms with Gasteiger partial charge >= 0.3 is 0 Å². The smallest absolute Gasteiger partial charge is 0.160 e. The quantitative estimate of drug-likeness (QED) is 0.659. The Bertz CT molecular complexity index is 709. The summed E-state index contributed by atoms with van der Waals surface area (Å²) >= 11 is 0. The molecule has 0 aliphatic heterocycles. The summed E-state index contributed by atoms with van der Waals surface area (Å²) in [6.07, 6.45) is 1.95. The van der Waals surface area contributed by atoms with Gasteiger partial charge in [0.2, 0.25) is 0 Å². The van der Waals surface area contributed by atoms with Crippen molar-refractivity contribution in [3.63, 3.8) is 0 Å². The van der Waals surface area contributed by atoms with E-state index in [1.54, 1.807) is 14.2 Å². The molecule has 0 aliphatic rings. The molecule has 0 heterocycles. The molecule has 0 radical (unpaired) electrons. The first-order chi connectivity index (χ1) is 12.0. The molecule has 134 valence electrons. The van der Waals surface area contributed by atoms with E-state index in [0.717, 1.165) is 30.1 Å². The molecule has 1 N–H and O–H groups in total. The van der Waals surface area contributed by atoms with Crippen LogP contribution in [0.4, 0.5) is 0 Å². The molecule has 2 rings (SSSR count). The summed E-state index contributed by atoms with van der Waals surface area (Å²) < 4.78 is 16.1. The molecular weight excluding hydrogens is 316 g/mol. The molecule has 0 saturated heterocycles. The Kier molecular flexibility index (Phi) is 6.75. The summed E-state index contributed by atoms with van der Waals surface area (Å²) in [6.45, 7) is 5.74.